The quantitative estimate of drug-likeness (QED) is 0.485. The topological polar surface area (TPSA) is 46.3 Å². The Hall–Kier alpha value is -2.92. The van der Waals surface area contributed by atoms with E-state index in [4.69, 9.17) is 4.42 Å². The van der Waals surface area contributed by atoms with Gasteiger partial charge in [-0.05, 0) is 43.5 Å². The number of benzene rings is 2. The normalized spacial score (nSPS) is 11.1. The van der Waals surface area contributed by atoms with Crippen LogP contribution in [-0.4, -0.2) is 11.5 Å². The molecule has 0 unspecified atom stereocenters. The molecule has 0 radical (unpaired) electrons. The van der Waals surface area contributed by atoms with Gasteiger partial charge in [-0.3, -0.25) is 0 Å². The Morgan fingerprint density at radius 1 is 1.24 bits per heavy atom. The summed E-state index contributed by atoms with van der Waals surface area (Å²) < 4.78 is 6.63. The fourth-order valence-corrected chi connectivity index (χ4v) is 3.80. The van der Waals surface area contributed by atoms with Gasteiger partial charge in [-0.2, -0.15) is 0 Å². The first-order valence-corrected chi connectivity index (χ1v) is 8.84. The number of rotatable bonds is 4. The number of hydrogen-bond acceptors (Lipinski definition) is 5. The average molecular weight is 348 g/mol. The lowest BCUT2D eigenvalue weighted by molar-refractivity contribution is 0.563. The Labute approximate surface area is 148 Å². The molecule has 0 spiro atoms. The largest absolute Gasteiger partial charge is 0.422 e. The molecule has 4 nitrogen and oxygen atoms in total. The van der Waals surface area contributed by atoms with Crippen LogP contribution in [-0.2, 0) is 0 Å². The van der Waals surface area contributed by atoms with Crippen LogP contribution in [0.4, 0.5) is 5.69 Å². The fourth-order valence-electron chi connectivity index (χ4n) is 2.83. The van der Waals surface area contributed by atoms with Crippen molar-refractivity contribution in [2.24, 2.45) is 0 Å². The molecule has 0 saturated heterocycles. The van der Waals surface area contributed by atoms with E-state index in [-0.39, 0.29) is 5.63 Å². The van der Waals surface area contributed by atoms with Crippen LogP contribution in [0.2, 0.25) is 0 Å². The van der Waals surface area contributed by atoms with Gasteiger partial charge in [0.05, 0.1) is 15.8 Å². The van der Waals surface area contributed by atoms with Gasteiger partial charge in [-0.25, -0.2) is 9.78 Å². The van der Waals surface area contributed by atoms with Crippen LogP contribution in [0.5, 0.6) is 0 Å². The summed E-state index contributed by atoms with van der Waals surface area (Å²) >= 11 is 1.50. The van der Waals surface area contributed by atoms with Gasteiger partial charge in [0, 0.05) is 23.7 Å². The molecule has 25 heavy (non-hydrogen) atoms. The van der Waals surface area contributed by atoms with Crippen LogP contribution < -0.4 is 10.5 Å². The van der Waals surface area contributed by atoms with E-state index in [1.807, 2.05) is 60.4 Å². The first-order chi connectivity index (χ1) is 12.2. The van der Waals surface area contributed by atoms with E-state index >= 15 is 0 Å². The number of fused-ring (bicyclic) bond motifs is 2. The lowest BCUT2D eigenvalue weighted by Gasteiger charge is -2.17. The Bertz CT molecular complexity index is 1110. The molecular weight excluding hydrogens is 332 g/mol. The second kappa shape index (κ2) is 6.18. The molecule has 2 aromatic carbocycles. The molecule has 0 fully saturated rings. The first kappa shape index (κ1) is 15.6. The molecule has 4 aromatic rings. The van der Waals surface area contributed by atoms with Crippen LogP contribution >= 0.6 is 11.3 Å². The van der Waals surface area contributed by atoms with Gasteiger partial charge in [0.25, 0.3) is 0 Å². The summed E-state index contributed by atoms with van der Waals surface area (Å²) in [6.07, 6.45) is 1.76. The predicted octanol–water partition coefficient (Wildman–Crippen LogP) is 5.04. The highest BCUT2D eigenvalue weighted by molar-refractivity contribution is 7.21. The second-order valence-corrected chi connectivity index (χ2v) is 6.66. The molecule has 0 aliphatic rings. The van der Waals surface area contributed by atoms with E-state index in [9.17, 15) is 4.79 Å². The van der Waals surface area contributed by atoms with E-state index in [1.54, 1.807) is 6.20 Å². The zero-order valence-electron chi connectivity index (χ0n) is 13.7. The summed E-state index contributed by atoms with van der Waals surface area (Å²) in [5, 5.41) is 1.56. The van der Waals surface area contributed by atoms with Gasteiger partial charge in [0.15, 0.2) is 0 Å². The summed E-state index contributed by atoms with van der Waals surface area (Å²) in [5.74, 6) is 0. The van der Waals surface area contributed by atoms with Crippen LogP contribution in [0.15, 0.2) is 70.5 Å². The Kier molecular flexibility index (Phi) is 3.86. The SMILES string of the molecule is C=CN(CC)c1ccc2cc(-c3nc4ccccc4s3)c(=O)oc2c1. The molecule has 0 amide bonds. The summed E-state index contributed by atoms with van der Waals surface area (Å²) in [6, 6.07) is 15.5. The van der Waals surface area contributed by atoms with Crippen molar-refractivity contribution in [1.29, 1.82) is 0 Å². The van der Waals surface area contributed by atoms with Crippen molar-refractivity contribution in [3.63, 3.8) is 0 Å². The van der Waals surface area contributed by atoms with Crippen molar-refractivity contribution in [3.05, 3.63) is 71.7 Å². The van der Waals surface area contributed by atoms with Gasteiger partial charge >= 0.3 is 5.63 Å². The van der Waals surface area contributed by atoms with Gasteiger partial charge < -0.3 is 9.32 Å². The third-order valence-corrected chi connectivity index (χ3v) is 5.21. The number of aromatic nitrogens is 1. The average Bonchev–Trinajstić information content (AvgIpc) is 3.06. The zero-order chi connectivity index (χ0) is 17.4. The van der Waals surface area contributed by atoms with E-state index in [0.717, 1.165) is 27.8 Å². The third kappa shape index (κ3) is 2.72. The molecule has 0 atom stereocenters. The van der Waals surface area contributed by atoms with Crippen molar-refractivity contribution in [3.8, 4) is 10.6 Å². The molecule has 124 valence electrons. The maximum atomic E-state index is 12.5. The van der Waals surface area contributed by atoms with Crippen LogP contribution in [0, 0.1) is 0 Å². The highest BCUT2D eigenvalue weighted by Crippen LogP contribution is 2.30. The number of thiazole rings is 1. The maximum absolute atomic E-state index is 12.5. The summed E-state index contributed by atoms with van der Waals surface area (Å²) in [7, 11) is 0. The minimum atomic E-state index is -0.370. The van der Waals surface area contributed by atoms with Crippen LogP contribution in [0.1, 0.15) is 6.92 Å². The molecule has 0 N–H and O–H groups in total. The molecule has 0 bridgehead atoms. The molecular formula is C20H16N2O2S. The van der Waals surface area contributed by atoms with E-state index in [0.29, 0.717) is 16.2 Å². The lowest BCUT2D eigenvalue weighted by Crippen LogP contribution is -2.14. The molecule has 2 aromatic heterocycles. The van der Waals surface area contributed by atoms with Crippen molar-refractivity contribution >= 4 is 38.2 Å². The fraction of sp³-hybridized carbons (Fsp3) is 0.100. The maximum Gasteiger partial charge on any atom is 0.346 e. The van der Waals surface area contributed by atoms with Crippen molar-refractivity contribution in [1.82, 2.24) is 4.98 Å². The van der Waals surface area contributed by atoms with Gasteiger partial charge in [-0.15, -0.1) is 11.3 Å². The Balaban J connectivity index is 1.86. The highest BCUT2D eigenvalue weighted by atomic mass is 32.1. The van der Waals surface area contributed by atoms with E-state index in [1.165, 1.54) is 11.3 Å². The van der Waals surface area contributed by atoms with Gasteiger partial charge in [0.1, 0.15) is 10.6 Å². The summed E-state index contributed by atoms with van der Waals surface area (Å²) in [6.45, 7) is 6.64. The molecule has 0 saturated carbocycles. The minimum absolute atomic E-state index is 0.370. The minimum Gasteiger partial charge on any atom is -0.422 e. The number of hydrogen-bond donors (Lipinski definition) is 0. The summed E-state index contributed by atoms with van der Waals surface area (Å²) in [4.78, 5) is 19.0. The first-order valence-electron chi connectivity index (χ1n) is 8.02. The van der Waals surface area contributed by atoms with Crippen molar-refractivity contribution in [2.75, 3.05) is 11.4 Å². The number of nitrogens with zero attached hydrogens (tertiary/aromatic N) is 2. The number of para-hydroxylation sites is 1. The third-order valence-electron chi connectivity index (χ3n) is 4.14. The second-order valence-electron chi connectivity index (χ2n) is 5.62. The van der Waals surface area contributed by atoms with E-state index in [2.05, 4.69) is 11.6 Å². The van der Waals surface area contributed by atoms with Crippen molar-refractivity contribution < 1.29 is 4.42 Å². The molecule has 4 rings (SSSR count). The van der Waals surface area contributed by atoms with Gasteiger partial charge in [-0.1, -0.05) is 18.7 Å². The zero-order valence-corrected chi connectivity index (χ0v) is 14.5. The molecule has 2 heterocycles. The smallest absolute Gasteiger partial charge is 0.346 e. The standard InChI is InChI=1S/C20H16N2O2S/c1-3-22(4-2)14-10-9-13-11-15(20(23)24-17(13)12-14)19-21-16-7-5-6-8-18(16)25-19/h3,5-12H,1,4H2,2H3. The summed E-state index contributed by atoms with van der Waals surface area (Å²) in [5.41, 5.74) is 2.53. The molecule has 0 aliphatic carbocycles. The predicted molar refractivity (Wildman–Crippen MR) is 104 cm³/mol. The Morgan fingerprint density at radius 3 is 2.84 bits per heavy atom. The van der Waals surface area contributed by atoms with Crippen molar-refractivity contribution in [2.45, 2.75) is 6.92 Å². The number of anilines is 1. The van der Waals surface area contributed by atoms with E-state index < -0.39 is 0 Å². The molecule has 5 heteroatoms. The lowest BCUT2D eigenvalue weighted by atomic mass is 10.1. The van der Waals surface area contributed by atoms with Gasteiger partial charge in [0.2, 0.25) is 0 Å². The monoisotopic (exact) mass is 348 g/mol. The van der Waals surface area contributed by atoms with Crippen LogP contribution in [0.3, 0.4) is 0 Å². The molecule has 0 aliphatic heterocycles. The highest BCUT2D eigenvalue weighted by Gasteiger charge is 2.13. The van der Waals surface area contributed by atoms with Crippen LogP contribution in [0.25, 0.3) is 31.8 Å². The Morgan fingerprint density at radius 2 is 2.08 bits per heavy atom.